The molecule has 1 atom stereocenters. The second-order valence-electron chi connectivity index (χ2n) is 6.03. The topological polar surface area (TPSA) is 3.24 Å². The van der Waals surface area contributed by atoms with Crippen molar-refractivity contribution < 1.29 is 0 Å². The minimum Gasteiger partial charge on any atom is -0.298 e. The highest BCUT2D eigenvalue weighted by atomic mass is 35.5. The van der Waals surface area contributed by atoms with E-state index in [1.165, 1.54) is 55.5 Å². The van der Waals surface area contributed by atoms with E-state index in [1.54, 1.807) is 0 Å². The Morgan fingerprint density at radius 1 is 1.15 bits per heavy atom. The Kier molecular flexibility index (Phi) is 5.30. The van der Waals surface area contributed by atoms with Crippen LogP contribution in [0.2, 0.25) is 0 Å². The summed E-state index contributed by atoms with van der Waals surface area (Å²) in [4.78, 5) is 4.17. The molecular weight excluding hydrogens is 286 g/mol. The SMILES string of the molecule is ClCCN(CC1Cc2ccccc2S1)C1CCCCC1. The molecule has 1 nitrogen and oxygen atoms in total. The van der Waals surface area contributed by atoms with Crippen LogP contribution in [0.1, 0.15) is 37.7 Å². The summed E-state index contributed by atoms with van der Waals surface area (Å²) in [5, 5.41) is 0.720. The number of hydrogen-bond donors (Lipinski definition) is 0. The maximum atomic E-state index is 6.04. The zero-order valence-corrected chi connectivity index (χ0v) is 13.6. The van der Waals surface area contributed by atoms with Crippen molar-refractivity contribution in [2.75, 3.05) is 19.0 Å². The lowest BCUT2D eigenvalue weighted by molar-refractivity contribution is 0.165. The van der Waals surface area contributed by atoms with E-state index in [9.17, 15) is 0 Å². The third-order valence-corrected chi connectivity index (χ3v) is 6.09. The number of rotatable bonds is 5. The summed E-state index contributed by atoms with van der Waals surface area (Å²) in [5.74, 6) is 0.765. The van der Waals surface area contributed by atoms with Crippen molar-refractivity contribution in [1.82, 2.24) is 4.90 Å². The number of benzene rings is 1. The van der Waals surface area contributed by atoms with E-state index in [0.29, 0.717) is 0 Å². The molecule has 3 heteroatoms. The molecule has 1 aromatic carbocycles. The molecule has 0 saturated heterocycles. The van der Waals surface area contributed by atoms with Crippen molar-refractivity contribution in [1.29, 1.82) is 0 Å². The number of fused-ring (bicyclic) bond motifs is 1. The molecule has 1 heterocycles. The molecule has 0 amide bonds. The lowest BCUT2D eigenvalue weighted by Gasteiger charge is -2.35. The average Bonchev–Trinajstić information content (AvgIpc) is 2.90. The molecule has 2 aliphatic rings. The number of hydrogen-bond acceptors (Lipinski definition) is 2. The maximum absolute atomic E-state index is 6.04. The van der Waals surface area contributed by atoms with Crippen LogP contribution >= 0.6 is 23.4 Å². The molecule has 110 valence electrons. The van der Waals surface area contributed by atoms with Crippen LogP contribution in [0.25, 0.3) is 0 Å². The van der Waals surface area contributed by atoms with Crippen molar-refractivity contribution in [2.24, 2.45) is 0 Å². The fraction of sp³-hybridized carbons (Fsp3) is 0.647. The first-order valence-electron chi connectivity index (χ1n) is 7.91. The highest BCUT2D eigenvalue weighted by Crippen LogP contribution is 2.37. The predicted molar refractivity (Wildman–Crippen MR) is 89.0 cm³/mol. The van der Waals surface area contributed by atoms with Crippen molar-refractivity contribution >= 4 is 23.4 Å². The number of nitrogens with zero attached hydrogens (tertiary/aromatic N) is 1. The van der Waals surface area contributed by atoms with Crippen LogP contribution in [0, 0.1) is 0 Å². The van der Waals surface area contributed by atoms with E-state index in [2.05, 4.69) is 40.9 Å². The molecule has 0 spiro atoms. The molecule has 3 rings (SSSR count). The van der Waals surface area contributed by atoms with Gasteiger partial charge in [-0.2, -0.15) is 0 Å². The first-order chi connectivity index (χ1) is 9.86. The summed E-state index contributed by atoms with van der Waals surface area (Å²) in [6.07, 6.45) is 8.21. The van der Waals surface area contributed by atoms with Gasteiger partial charge in [0.15, 0.2) is 0 Å². The van der Waals surface area contributed by atoms with E-state index in [-0.39, 0.29) is 0 Å². The van der Waals surface area contributed by atoms with Gasteiger partial charge in [0.05, 0.1) is 0 Å². The van der Waals surface area contributed by atoms with Crippen LogP contribution in [0.15, 0.2) is 29.2 Å². The lowest BCUT2D eigenvalue weighted by Crippen LogP contribution is -2.42. The Bertz CT molecular complexity index is 406. The van der Waals surface area contributed by atoms with Gasteiger partial charge >= 0.3 is 0 Å². The molecule has 0 N–H and O–H groups in total. The Morgan fingerprint density at radius 2 is 1.95 bits per heavy atom. The molecule has 0 bridgehead atoms. The Labute approximate surface area is 132 Å². The summed E-state index contributed by atoms with van der Waals surface area (Å²) in [6.45, 7) is 2.26. The lowest BCUT2D eigenvalue weighted by atomic mass is 9.94. The first-order valence-corrected chi connectivity index (χ1v) is 9.33. The van der Waals surface area contributed by atoms with Gasteiger partial charge in [-0.1, -0.05) is 37.5 Å². The van der Waals surface area contributed by atoms with Gasteiger partial charge in [0, 0.05) is 35.2 Å². The Morgan fingerprint density at radius 3 is 2.70 bits per heavy atom. The molecule has 1 aliphatic heterocycles. The van der Waals surface area contributed by atoms with Gasteiger partial charge < -0.3 is 0 Å². The van der Waals surface area contributed by atoms with Crippen molar-refractivity contribution in [3.63, 3.8) is 0 Å². The molecule has 20 heavy (non-hydrogen) atoms. The van der Waals surface area contributed by atoms with Crippen molar-refractivity contribution in [3.8, 4) is 0 Å². The zero-order valence-electron chi connectivity index (χ0n) is 12.1. The quantitative estimate of drug-likeness (QED) is 0.733. The smallest absolute Gasteiger partial charge is 0.0351 e. The highest BCUT2D eigenvalue weighted by Gasteiger charge is 2.27. The Balaban J connectivity index is 1.60. The summed E-state index contributed by atoms with van der Waals surface area (Å²) in [7, 11) is 0. The second kappa shape index (κ2) is 7.20. The molecule has 1 aromatic rings. The summed E-state index contributed by atoms with van der Waals surface area (Å²) < 4.78 is 0. The van der Waals surface area contributed by atoms with E-state index in [1.807, 2.05) is 0 Å². The van der Waals surface area contributed by atoms with Gasteiger partial charge in [0.25, 0.3) is 0 Å². The maximum Gasteiger partial charge on any atom is 0.0351 e. The minimum absolute atomic E-state index is 0.720. The van der Waals surface area contributed by atoms with Gasteiger partial charge in [-0.3, -0.25) is 4.90 Å². The fourth-order valence-corrected chi connectivity index (χ4v) is 5.16. The van der Waals surface area contributed by atoms with E-state index in [4.69, 9.17) is 11.6 Å². The first kappa shape index (κ1) is 14.7. The minimum atomic E-state index is 0.720. The molecule has 0 aromatic heterocycles. The summed E-state index contributed by atoms with van der Waals surface area (Å²) in [6, 6.07) is 9.67. The summed E-state index contributed by atoms with van der Waals surface area (Å²) in [5.41, 5.74) is 1.54. The third kappa shape index (κ3) is 3.52. The number of halogens is 1. The summed E-state index contributed by atoms with van der Waals surface area (Å²) >= 11 is 8.11. The van der Waals surface area contributed by atoms with Crippen molar-refractivity contribution in [3.05, 3.63) is 29.8 Å². The van der Waals surface area contributed by atoms with E-state index < -0.39 is 0 Å². The number of alkyl halides is 1. The van der Waals surface area contributed by atoms with Crippen LogP contribution < -0.4 is 0 Å². The van der Waals surface area contributed by atoms with E-state index >= 15 is 0 Å². The van der Waals surface area contributed by atoms with Crippen LogP contribution in [0.5, 0.6) is 0 Å². The third-order valence-electron chi connectivity index (χ3n) is 4.61. The molecule has 1 aliphatic carbocycles. The molecule has 1 unspecified atom stereocenters. The molecular formula is C17H24ClNS. The van der Waals surface area contributed by atoms with Crippen LogP contribution in [0.4, 0.5) is 0 Å². The zero-order chi connectivity index (χ0) is 13.8. The normalized spacial score (nSPS) is 23.2. The van der Waals surface area contributed by atoms with Crippen molar-refractivity contribution in [2.45, 2.75) is 54.7 Å². The monoisotopic (exact) mass is 309 g/mol. The molecule has 1 fully saturated rings. The van der Waals surface area contributed by atoms with E-state index in [0.717, 1.165) is 23.7 Å². The van der Waals surface area contributed by atoms with Gasteiger partial charge in [-0.25, -0.2) is 0 Å². The second-order valence-corrected chi connectivity index (χ2v) is 7.75. The molecule has 1 saturated carbocycles. The van der Waals surface area contributed by atoms with Crippen LogP contribution in [-0.2, 0) is 6.42 Å². The Hall–Kier alpha value is -0.180. The van der Waals surface area contributed by atoms with Gasteiger partial charge in [0.1, 0.15) is 0 Å². The predicted octanol–water partition coefficient (Wildman–Crippen LogP) is 4.58. The van der Waals surface area contributed by atoms with Gasteiger partial charge in [-0.05, 0) is 30.9 Å². The van der Waals surface area contributed by atoms with Gasteiger partial charge in [0.2, 0.25) is 0 Å². The average molecular weight is 310 g/mol. The van der Waals surface area contributed by atoms with Crippen LogP contribution in [-0.4, -0.2) is 35.2 Å². The standard InChI is InChI=1S/C17H24ClNS/c18-10-11-19(15-7-2-1-3-8-15)13-16-12-14-6-4-5-9-17(14)20-16/h4-6,9,15-16H,1-3,7-8,10-13H2. The highest BCUT2D eigenvalue weighted by molar-refractivity contribution is 8.00. The fourth-order valence-electron chi connectivity index (χ4n) is 3.59. The number of thioether (sulfide) groups is 1. The van der Waals surface area contributed by atoms with Gasteiger partial charge in [-0.15, -0.1) is 23.4 Å². The molecule has 0 radical (unpaired) electrons. The van der Waals surface area contributed by atoms with Crippen LogP contribution in [0.3, 0.4) is 0 Å². The largest absolute Gasteiger partial charge is 0.298 e.